The number of nitrogens with one attached hydrogen (secondary N) is 1. The molecule has 0 radical (unpaired) electrons. The maximum absolute atomic E-state index is 13.5. The topological polar surface area (TPSA) is 92.5 Å². The molecule has 0 saturated carbocycles. The molecule has 1 N–H and O–H groups in total. The fourth-order valence-electron chi connectivity index (χ4n) is 1.72. The number of hydrogen-bond acceptors (Lipinski definition) is 5. The highest BCUT2D eigenvalue weighted by Crippen LogP contribution is 2.18. The van der Waals surface area contributed by atoms with Crippen LogP contribution in [0, 0.1) is 12.7 Å². The van der Waals surface area contributed by atoms with Crippen LogP contribution >= 0.6 is 0 Å². The van der Waals surface area contributed by atoms with E-state index in [9.17, 15) is 17.6 Å². The van der Waals surface area contributed by atoms with Crippen LogP contribution in [0.15, 0.2) is 34.9 Å². The number of halogens is 1. The third kappa shape index (κ3) is 3.82. The van der Waals surface area contributed by atoms with Gasteiger partial charge in [0.1, 0.15) is 18.1 Å². The van der Waals surface area contributed by atoms with E-state index in [1.54, 1.807) is 13.0 Å². The number of hydrogen-bond donors (Lipinski definition) is 1. The van der Waals surface area contributed by atoms with Crippen LogP contribution < -0.4 is 9.62 Å². The lowest BCUT2D eigenvalue weighted by atomic mass is 10.3. The zero-order chi connectivity index (χ0) is 16.3. The van der Waals surface area contributed by atoms with Gasteiger partial charge in [-0.25, -0.2) is 17.1 Å². The maximum Gasteiger partial charge on any atom is 0.245 e. The summed E-state index contributed by atoms with van der Waals surface area (Å²) in [5.74, 6) is -0.919. The minimum atomic E-state index is -3.75. The Morgan fingerprint density at radius 1 is 1.41 bits per heavy atom. The van der Waals surface area contributed by atoms with Gasteiger partial charge < -0.3 is 9.84 Å². The van der Waals surface area contributed by atoms with Crippen LogP contribution in [0.5, 0.6) is 0 Å². The summed E-state index contributed by atoms with van der Waals surface area (Å²) in [4.78, 5) is 12.0. The van der Waals surface area contributed by atoms with E-state index < -0.39 is 28.3 Å². The van der Waals surface area contributed by atoms with Crippen molar-refractivity contribution in [2.24, 2.45) is 0 Å². The smallest absolute Gasteiger partial charge is 0.245 e. The number of carbonyl (C=O) groups excluding carboxylic acids is 1. The zero-order valence-corrected chi connectivity index (χ0v) is 12.7. The van der Waals surface area contributed by atoms with Crippen molar-refractivity contribution < 1.29 is 22.1 Å². The average Bonchev–Trinajstić information content (AvgIpc) is 2.84. The number of benzene rings is 1. The third-order valence-corrected chi connectivity index (χ3v) is 3.82. The molecule has 118 valence electrons. The minimum absolute atomic E-state index is 0.0105. The minimum Gasteiger partial charge on any atom is -0.360 e. The van der Waals surface area contributed by atoms with Gasteiger partial charge in [0, 0.05) is 6.07 Å². The van der Waals surface area contributed by atoms with Crippen LogP contribution in [-0.2, 0) is 14.8 Å². The van der Waals surface area contributed by atoms with Gasteiger partial charge in [-0.1, -0.05) is 17.3 Å². The number of nitrogens with zero attached hydrogens (tertiary/aromatic N) is 2. The largest absolute Gasteiger partial charge is 0.360 e. The molecule has 1 aromatic carbocycles. The molecule has 0 aliphatic rings. The summed E-state index contributed by atoms with van der Waals surface area (Å²) in [6.07, 6.45) is 0.938. The van der Waals surface area contributed by atoms with E-state index in [1.807, 2.05) is 0 Å². The molecule has 7 nitrogen and oxygen atoms in total. The third-order valence-electron chi connectivity index (χ3n) is 2.71. The van der Waals surface area contributed by atoms with Crippen molar-refractivity contribution in [3.8, 4) is 0 Å². The summed E-state index contributed by atoms with van der Waals surface area (Å²) in [6.45, 7) is 1.05. The molecule has 0 atom stereocenters. The highest BCUT2D eigenvalue weighted by atomic mass is 32.2. The van der Waals surface area contributed by atoms with Crippen molar-refractivity contribution in [1.82, 2.24) is 5.16 Å². The number of rotatable bonds is 5. The van der Waals surface area contributed by atoms with Crippen LogP contribution in [0.4, 0.5) is 15.9 Å². The van der Waals surface area contributed by atoms with E-state index >= 15 is 0 Å². The van der Waals surface area contributed by atoms with E-state index in [4.69, 9.17) is 4.52 Å². The highest BCUT2D eigenvalue weighted by molar-refractivity contribution is 7.92. The summed E-state index contributed by atoms with van der Waals surface area (Å²) in [6, 6.07) is 6.97. The van der Waals surface area contributed by atoms with E-state index in [1.165, 1.54) is 24.3 Å². The van der Waals surface area contributed by atoms with Crippen molar-refractivity contribution in [3.63, 3.8) is 0 Å². The van der Waals surface area contributed by atoms with Crippen molar-refractivity contribution in [1.29, 1.82) is 0 Å². The highest BCUT2D eigenvalue weighted by Gasteiger charge is 2.24. The summed E-state index contributed by atoms with van der Waals surface area (Å²) < 4.78 is 42.6. The standard InChI is InChI=1S/C13H14FN3O4S/c1-9-7-12(16-21-9)17(22(2,19)20)8-13(18)15-11-6-4-3-5-10(11)14/h3-7H,8H2,1-2H3,(H,15,18). The molecule has 2 rings (SSSR count). The number of para-hydroxylation sites is 1. The van der Waals surface area contributed by atoms with Crippen molar-refractivity contribution in [3.05, 3.63) is 41.9 Å². The van der Waals surface area contributed by atoms with Gasteiger partial charge in [0.15, 0.2) is 5.82 Å². The first kappa shape index (κ1) is 16.0. The molecule has 9 heteroatoms. The second-order valence-corrected chi connectivity index (χ2v) is 6.50. The summed E-state index contributed by atoms with van der Waals surface area (Å²) in [5, 5.41) is 5.89. The van der Waals surface area contributed by atoms with Gasteiger partial charge in [-0.15, -0.1) is 0 Å². The van der Waals surface area contributed by atoms with Gasteiger partial charge in [-0.3, -0.25) is 4.79 Å². The van der Waals surface area contributed by atoms with E-state index in [-0.39, 0.29) is 11.5 Å². The molecule has 22 heavy (non-hydrogen) atoms. The Morgan fingerprint density at radius 2 is 2.09 bits per heavy atom. The first-order valence-electron chi connectivity index (χ1n) is 6.23. The van der Waals surface area contributed by atoms with Crippen LogP contribution in [-0.4, -0.2) is 32.3 Å². The fraction of sp³-hybridized carbons (Fsp3) is 0.231. The SMILES string of the molecule is Cc1cc(N(CC(=O)Nc2ccccc2F)S(C)(=O)=O)no1. The normalized spacial score (nSPS) is 11.2. The molecule has 1 heterocycles. The summed E-state index contributed by atoms with van der Waals surface area (Å²) in [7, 11) is -3.75. The number of anilines is 2. The molecule has 2 aromatic rings. The molecule has 1 amide bonds. The van der Waals surface area contributed by atoms with Crippen molar-refractivity contribution in [2.75, 3.05) is 22.4 Å². The molecule has 0 bridgehead atoms. The molecule has 0 unspecified atom stereocenters. The maximum atomic E-state index is 13.5. The van der Waals surface area contributed by atoms with E-state index in [2.05, 4.69) is 10.5 Å². The number of aryl methyl sites for hydroxylation is 1. The second-order valence-electron chi connectivity index (χ2n) is 4.59. The fourth-order valence-corrected chi connectivity index (χ4v) is 2.50. The lowest BCUT2D eigenvalue weighted by molar-refractivity contribution is -0.114. The lowest BCUT2D eigenvalue weighted by Crippen LogP contribution is -2.37. The number of sulfonamides is 1. The van der Waals surface area contributed by atoms with Crippen LogP contribution in [0.2, 0.25) is 0 Å². The van der Waals surface area contributed by atoms with Gasteiger partial charge in [0.25, 0.3) is 0 Å². The Labute approximate surface area is 126 Å². The van der Waals surface area contributed by atoms with E-state index in [0.29, 0.717) is 5.76 Å². The molecule has 0 fully saturated rings. The predicted octanol–water partition coefficient (Wildman–Crippen LogP) is 1.53. The first-order chi connectivity index (χ1) is 10.3. The molecule has 1 aromatic heterocycles. The Kier molecular flexibility index (Phi) is 4.45. The zero-order valence-electron chi connectivity index (χ0n) is 11.9. The molecule has 0 spiro atoms. The van der Waals surface area contributed by atoms with Gasteiger partial charge >= 0.3 is 0 Å². The van der Waals surface area contributed by atoms with Crippen LogP contribution in [0.1, 0.15) is 5.76 Å². The predicted molar refractivity (Wildman–Crippen MR) is 78.5 cm³/mol. The van der Waals surface area contributed by atoms with Crippen LogP contribution in [0.3, 0.4) is 0 Å². The number of amides is 1. The Balaban J connectivity index is 2.18. The molecule has 0 saturated heterocycles. The Morgan fingerprint density at radius 3 is 2.64 bits per heavy atom. The second kappa shape index (κ2) is 6.14. The van der Waals surface area contributed by atoms with Crippen LogP contribution in [0.25, 0.3) is 0 Å². The average molecular weight is 327 g/mol. The number of aromatic nitrogens is 1. The first-order valence-corrected chi connectivity index (χ1v) is 8.07. The number of carbonyl (C=O) groups is 1. The molecule has 0 aliphatic carbocycles. The molecular formula is C13H14FN3O4S. The van der Waals surface area contributed by atoms with E-state index in [0.717, 1.165) is 10.6 Å². The molecular weight excluding hydrogens is 313 g/mol. The molecule has 0 aliphatic heterocycles. The monoisotopic (exact) mass is 327 g/mol. The summed E-state index contributed by atoms with van der Waals surface area (Å²) >= 11 is 0. The van der Waals surface area contributed by atoms with Crippen molar-refractivity contribution in [2.45, 2.75) is 6.92 Å². The Hall–Kier alpha value is -2.42. The quantitative estimate of drug-likeness (QED) is 0.899. The van der Waals surface area contributed by atoms with Gasteiger partial charge in [-0.05, 0) is 19.1 Å². The Bertz CT molecular complexity index is 788. The van der Waals surface area contributed by atoms with Gasteiger partial charge in [0.05, 0.1) is 11.9 Å². The van der Waals surface area contributed by atoms with Gasteiger partial charge in [-0.2, -0.15) is 0 Å². The van der Waals surface area contributed by atoms with Crippen molar-refractivity contribution >= 4 is 27.4 Å². The summed E-state index contributed by atoms with van der Waals surface area (Å²) in [5.41, 5.74) is -0.0303. The lowest BCUT2D eigenvalue weighted by Gasteiger charge is -2.18. The van der Waals surface area contributed by atoms with Gasteiger partial charge in [0.2, 0.25) is 15.9 Å².